The molecule has 1 aromatic heterocycles. The lowest BCUT2D eigenvalue weighted by Crippen LogP contribution is -2.45. The van der Waals surface area contributed by atoms with Crippen molar-refractivity contribution in [3.05, 3.63) is 30.1 Å². The molecule has 1 unspecified atom stereocenters. The highest BCUT2D eigenvalue weighted by Crippen LogP contribution is 2.18. The molecular formula is C14H23N3O2S. The number of nitrogens with zero attached hydrogens (tertiary/aromatic N) is 2. The monoisotopic (exact) mass is 297 g/mol. The number of piperidine rings is 1. The van der Waals surface area contributed by atoms with Crippen LogP contribution in [0.4, 0.5) is 0 Å². The molecule has 2 rings (SSSR count). The largest absolute Gasteiger partial charge is 0.307 e. The van der Waals surface area contributed by atoms with Crippen LogP contribution in [0.5, 0.6) is 0 Å². The number of hydrogen-bond acceptors (Lipinski definition) is 4. The molecule has 1 fully saturated rings. The Morgan fingerprint density at radius 3 is 2.70 bits per heavy atom. The van der Waals surface area contributed by atoms with Gasteiger partial charge < -0.3 is 5.32 Å². The third-order valence-electron chi connectivity index (χ3n) is 3.88. The minimum Gasteiger partial charge on any atom is -0.307 e. The van der Waals surface area contributed by atoms with Crippen LogP contribution < -0.4 is 5.32 Å². The van der Waals surface area contributed by atoms with Crippen LogP contribution in [0.1, 0.15) is 38.3 Å². The average Bonchev–Trinajstić information content (AvgIpc) is 2.48. The Morgan fingerprint density at radius 1 is 1.45 bits per heavy atom. The Morgan fingerprint density at radius 2 is 2.15 bits per heavy atom. The molecule has 0 aromatic carbocycles. The van der Waals surface area contributed by atoms with Gasteiger partial charge in [0.05, 0.1) is 5.75 Å². The van der Waals surface area contributed by atoms with Crippen molar-refractivity contribution in [1.82, 2.24) is 14.6 Å². The molecule has 0 bridgehead atoms. The smallest absolute Gasteiger partial charge is 0.213 e. The van der Waals surface area contributed by atoms with Gasteiger partial charge in [0.15, 0.2) is 0 Å². The van der Waals surface area contributed by atoms with Crippen LogP contribution in [0.25, 0.3) is 0 Å². The van der Waals surface area contributed by atoms with Crippen LogP contribution in [-0.4, -0.2) is 42.6 Å². The summed E-state index contributed by atoms with van der Waals surface area (Å²) in [5.74, 6) is 0.192. The first-order valence-electron chi connectivity index (χ1n) is 7.16. The molecule has 1 atom stereocenters. The number of hydrogen-bond donors (Lipinski definition) is 1. The van der Waals surface area contributed by atoms with Crippen LogP contribution in [0.2, 0.25) is 0 Å². The quantitative estimate of drug-likeness (QED) is 0.895. The number of rotatable bonds is 5. The summed E-state index contributed by atoms with van der Waals surface area (Å²) in [5.41, 5.74) is 1.16. The number of pyridine rings is 1. The first-order chi connectivity index (χ1) is 9.53. The van der Waals surface area contributed by atoms with E-state index in [2.05, 4.69) is 23.3 Å². The molecule has 112 valence electrons. The van der Waals surface area contributed by atoms with Crippen molar-refractivity contribution < 1.29 is 8.42 Å². The molecule has 2 heterocycles. The molecule has 5 nitrogen and oxygen atoms in total. The first-order valence-corrected chi connectivity index (χ1v) is 8.77. The highest BCUT2D eigenvalue weighted by Gasteiger charge is 2.27. The van der Waals surface area contributed by atoms with E-state index in [9.17, 15) is 8.42 Å². The molecule has 1 aliphatic heterocycles. The Balaban J connectivity index is 1.86. The standard InChI is InChI=1S/C14H23N3O2S/c1-3-20(18,19)17-9-6-14(7-10-17)16-12(2)13-5-4-8-15-11-13/h4-5,8,11-12,14,16H,3,6-7,9-10H2,1-2H3. The molecule has 0 amide bonds. The normalized spacial score (nSPS) is 19.9. The fraction of sp³-hybridized carbons (Fsp3) is 0.643. The van der Waals surface area contributed by atoms with Crippen molar-refractivity contribution in [3.8, 4) is 0 Å². The van der Waals surface area contributed by atoms with E-state index in [-0.39, 0.29) is 11.8 Å². The molecule has 6 heteroatoms. The summed E-state index contributed by atoms with van der Waals surface area (Å²) in [6, 6.07) is 4.60. The Labute approximate surface area is 121 Å². The van der Waals surface area contributed by atoms with Crippen molar-refractivity contribution in [2.45, 2.75) is 38.8 Å². The van der Waals surface area contributed by atoms with E-state index < -0.39 is 10.0 Å². The van der Waals surface area contributed by atoms with Gasteiger partial charge in [-0.2, -0.15) is 0 Å². The molecule has 1 saturated heterocycles. The van der Waals surface area contributed by atoms with Gasteiger partial charge in [0.2, 0.25) is 10.0 Å². The van der Waals surface area contributed by atoms with Crippen molar-refractivity contribution in [1.29, 1.82) is 0 Å². The molecule has 0 aliphatic carbocycles. The van der Waals surface area contributed by atoms with Crippen LogP contribution in [0.3, 0.4) is 0 Å². The topological polar surface area (TPSA) is 62.3 Å². The summed E-state index contributed by atoms with van der Waals surface area (Å²) in [6.07, 6.45) is 5.37. The maximum atomic E-state index is 11.8. The lowest BCUT2D eigenvalue weighted by molar-refractivity contribution is 0.277. The maximum absolute atomic E-state index is 11.8. The van der Waals surface area contributed by atoms with E-state index in [4.69, 9.17) is 0 Å². The fourth-order valence-corrected chi connectivity index (χ4v) is 3.70. The van der Waals surface area contributed by atoms with Gasteiger partial charge >= 0.3 is 0 Å². The molecular weight excluding hydrogens is 274 g/mol. The van der Waals surface area contributed by atoms with Gasteiger partial charge in [0.25, 0.3) is 0 Å². The molecule has 1 aliphatic rings. The van der Waals surface area contributed by atoms with E-state index in [1.54, 1.807) is 17.4 Å². The number of nitrogens with one attached hydrogen (secondary N) is 1. The van der Waals surface area contributed by atoms with E-state index in [0.29, 0.717) is 19.1 Å². The van der Waals surface area contributed by atoms with E-state index >= 15 is 0 Å². The van der Waals surface area contributed by atoms with Gasteiger partial charge in [0, 0.05) is 37.6 Å². The van der Waals surface area contributed by atoms with Crippen molar-refractivity contribution >= 4 is 10.0 Å². The van der Waals surface area contributed by atoms with Crippen LogP contribution in [0.15, 0.2) is 24.5 Å². The zero-order chi connectivity index (χ0) is 14.6. The van der Waals surface area contributed by atoms with Gasteiger partial charge in [-0.3, -0.25) is 4.98 Å². The molecule has 0 saturated carbocycles. The van der Waals surface area contributed by atoms with Crippen LogP contribution in [0, 0.1) is 0 Å². The summed E-state index contributed by atoms with van der Waals surface area (Å²) >= 11 is 0. The van der Waals surface area contributed by atoms with Gasteiger partial charge in [-0.15, -0.1) is 0 Å². The second-order valence-corrected chi connectivity index (χ2v) is 7.51. The lowest BCUT2D eigenvalue weighted by Gasteiger charge is -2.33. The van der Waals surface area contributed by atoms with E-state index in [1.807, 2.05) is 12.3 Å². The second kappa shape index (κ2) is 6.65. The zero-order valence-electron chi connectivity index (χ0n) is 12.1. The summed E-state index contributed by atoms with van der Waals surface area (Å²) in [4.78, 5) is 4.13. The maximum Gasteiger partial charge on any atom is 0.213 e. The van der Waals surface area contributed by atoms with Crippen molar-refractivity contribution in [3.63, 3.8) is 0 Å². The predicted molar refractivity (Wildman–Crippen MR) is 79.8 cm³/mol. The Kier molecular flexibility index (Phi) is 5.12. The summed E-state index contributed by atoms with van der Waals surface area (Å²) in [7, 11) is -3.03. The summed E-state index contributed by atoms with van der Waals surface area (Å²) in [5, 5.41) is 3.56. The molecule has 20 heavy (non-hydrogen) atoms. The second-order valence-electron chi connectivity index (χ2n) is 5.25. The Bertz CT molecular complexity index is 510. The number of sulfonamides is 1. The molecule has 1 aromatic rings. The average molecular weight is 297 g/mol. The van der Waals surface area contributed by atoms with Crippen molar-refractivity contribution in [2.24, 2.45) is 0 Å². The SMILES string of the molecule is CCS(=O)(=O)N1CCC(NC(C)c2cccnc2)CC1. The molecule has 0 radical (unpaired) electrons. The minimum atomic E-state index is -3.03. The summed E-state index contributed by atoms with van der Waals surface area (Å²) < 4.78 is 25.2. The highest BCUT2D eigenvalue weighted by atomic mass is 32.2. The van der Waals surface area contributed by atoms with E-state index in [1.165, 1.54) is 0 Å². The fourth-order valence-electron chi connectivity index (χ4n) is 2.57. The highest BCUT2D eigenvalue weighted by molar-refractivity contribution is 7.89. The lowest BCUT2D eigenvalue weighted by atomic mass is 10.0. The van der Waals surface area contributed by atoms with Crippen molar-refractivity contribution in [2.75, 3.05) is 18.8 Å². The van der Waals surface area contributed by atoms with Gasteiger partial charge in [-0.05, 0) is 38.3 Å². The molecule has 0 spiro atoms. The zero-order valence-corrected chi connectivity index (χ0v) is 12.9. The first kappa shape index (κ1) is 15.4. The van der Waals surface area contributed by atoms with E-state index in [0.717, 1.165) is 18.4 Å². The third-order valence-corrected chi connectivity index (χ3v) is 5.76. The minimum absolute atomic E-state index is 0.192. The predicted octanol–water partition coefficient (Wildman–Crippen LogP) is 1.55. The number of aromatic nitrogens is 1. The Hall–Kier alpha value is -0.980. The molecule has 1 N–H and O–H groups in total. The van der Waals surface area contributed by atoms with Crippen LogP contribution in [-0.2, 0) is 10.0 Å². The van der Waals surface area contributed by atoms with Gasteiger partial charge in [0.1, 0.15) is 0 Å². The third kappa shape index (κ3) is 3.77. The van der Waals surface area contributed by atoms with Gasteiger partial charge in [-0.1, -0.05) is 6.07 Å². The summed E-state index contributed by atoms with van der Waals surface area (Å²) in [6.45, 7) is 5.05. The van der Waals surface area contributed by atoms with Crippen LogP contribution >= 0.6 is 0 Å². The van der Waals surface area contributed by atoms with Gasteiger partial charge in [-0.25, -0.2) is 12.7 Å².